The molecule has 1 fully saturated rings. The van der Waals surface area contributed by atoms with Gasteiger partial charge >= 0.3 is 5.69 Å². The predicted molar refractivity (Wildman–Crippen MR) is 80.4 cm³/mol. The van der Waals surface area contributed by atoms with Crippen molar-refractivity contribution in [2.75, 3.05) is 19.6 Å². The fourth-order valence-corrected chi connectivity index (χ4v) is 3.11. The van der Waals surface area contributed by atoms with E-state index in [1.807, 2.05) is 11.6 Å². The van der Waals surface area contributed by atoms with Crippen molar-refractivity contribution in [3.63, 3.8) is 0 Å². The van der Waals surface area contributed by atoms with Gasteiger partial charge in [-0.2, -0.15) is 0 Å². The van der Waals surface area contributed by atoms with Gasteiger partial charge in [0.1, 0.15) is 12.4 Å². The highest BCUT2D eigenvalue weighted by Crippen LogP contribution is 2.25. The maximum atomic E-state index is 11.5. The number of nitrogens with one attached hydrogen (secondary N) is 1. The average molecular weight is 306 g/mol. The minimum Gasteiger partial charge on any atom is -0.388 e. The largest absolute Gasteiger partial charge is 0.388 e. The van der Waals surface area contributed by atoms with Gasteiger partial charge < -0.3 is 19.6 Å². The van der Waals surface area contributed by atoms with Gasteiger partial charge in [0.05, 0.1) is 0 Å². The van der Waals surface area contributed by atoms with E-state index in [-0.39, 0.29) is 12.3 Å². The third-order valence-electron chi connectivity index (χ3n) is 4.39. The van der Waals surface area contributed by atoms with Gasteiger partial charge in [0, 0.05) is 45.0 Å². The summed E-state index contributed by atoms with van der Waals surface area (Å²) in [5.41, 5.74) is -0.0607. The van der Waals surface area contributed by atoms with E-state index in [2.05, 4.69) is 20.1 Å². The van der Waals surface area contributed by atoms with E-state index in [9.17, 15) is 9.90 Å². The molecule has 0 aliphatic carbocycles. The molecule has 8 nitrogen and oxygen atoms in total. The molecule has 0 aromatic carbocycles. The lowest BCUT2D eigenvalue weighted by Crippen LogP contribution is -2.38. The third-order valence-corrected chi connectivity index (χ3v) is 4.39. The molecule has 3 rings (SSSR count). The molecule has 1 aliphatic rings. The van der Waals surface area contributed by atoms with Crippen LogP contribution in [0.25, 0.3) is 0 Å². The summed E-state index contributed by atoms with van der Waals surface area (Å²) in [5.74, 6) is 1.87. The molecule has 120 valence electrons. The fourth-order valence-electron chi connectivity index (χ4n) is 3.11. The van der Waals surface area contributed by atoms with Crippen molar-refractivity contribution in [1.82, 2.24) is 29.2 Å². The van der Waals surface area contributed by atoms with Crippen LogP contribution >= 0.6 is 0 Å². The van der Waals surface area contributed by atoms with Gasteiger partial charge in [-0.05, 0) is 19.4 Å². The van der Waals surface area contributed by atoms with E-state index in [1.165, 1.54) is 0 Å². The Morgan fingerprint density at radius 2 is 2.27 bits per heavy atom. The lowest BCUT2D eigenvalue weighted by atomic mass is 9.97. The maximum absolute atomic E-state index is 11.5. The first-order chi connectivity index (χ1) is 10.7. The Bertz CT molecular complexity index is 673. The van der Waals surface area contributed by atoms with Crippen molar-refractivity contribution in [2.24, 2.45) is 7.05 Å². The number of likely N-dealkylation sites (tertiary alicyclic amines) is 1. The minimum absolute atomic E-state index is 0.0607. The van der Waals surface area contributed by atoms with Crippen LogP contribution in [0.3, 0.4) is 0 Å². The number of aromatic nitrogens is 5. The van der Waals surface area contributed by atoms with Gasteiger partial charge in [-0.25, -0.2) is 4.79 Å². The number of aliphatic hydroxyl groups excluding tert-OH is 1. The summed E-state index contributed by atoms with van der Waals surface area (Å²) in [6, 6.07) is 0. The Kier molecular flexibility index (Phi) is 4.39. The normalized spacial score (nSPS) is 19.6. The van der Waals surface area contributed by atoms with Crippen LogP contribution in [0.5, 0.6) is 0 Å². The predicted octanol–water partition coefficient (Wildman–Crippen LogP) is -0.323. The van der Waals surface area contributed by atoms with Crippen LogP contribution in [0, 0.1) is 0 Å². The summed E-state index contributed by atoms with van der Waals surface area (Å²) in [4.78, 5) is 16.5. The zero-order chi connectivity index (χ0) is 15.5. The van der Waals surface area contributed by atoms with Crippen LogP contribution in [0.1, 0.15) is 30.4 Å². The van der Waals surface area contributed by atoms with E-state index < -0.39 is 0 Å². The SMILES string of the molecule is Cn1c(CO)nnc1C1CCCN(CCn2cc[nH]c2=O)C1. The van der Waals surface area contributed by atoms with Crippen LogP contribution in [-0.4, -0.2) is 54.0 Å². The first-order valence-corrected chi connectivity index (χ1v) is 7.64. The number of nitrogens with zero attached hydrogens (tertiary/aromatic N) is 5. The molecule has 1 saturated heterocycles. The summed E-state index contributed by atoms with van der Waals surface area (Å²) >= 11 is 0. The lowest BCUT2D eigenvalue weighted by molar-refractivity contribution is 0.195. The zero-order valence-corrected chi connectivity index (χ0v) is 12.8. The second-order valence-corrected chi connectivity index (χ2v) is 5.79. The van der Waals surface area contributed by atoms with E-state index in [0.717, 1.165) is 38.3 Å². The molecule has 22 heavy (non-hydrogen) atoms. The van der Waals surface area contributed by atoms with Crippen LogP contribution in [0.15, 0.2) is 17.2 Å². The summed E-state index contributed by atoms with van der Waals surface area (Å²) < 4.78 is 3.58. The highest BCUT2D eigenvalue weighted by atomic mass is 16.3. The Hall–Kier alpha value is -1.93. The van der Waals surface area contributed by atoms with Crippen molar-refractivity contribution in [3.05, 3.63) is 34.5 Å². The second kappa shape index (κ2) is 6.45. The molecule has 1 unspecified atom stereocenters. The van der Waals surface area contributed by atoms with Gasteiger partial charge in [-0.1, -0.05) is 0 Å². The van der Waals surface area contributed by atoms with Gasteiger partial charge in [-0.3, -0.25) is 4.57 Å². The van der Waals surface area contributed by atoms with Crippen LogP contribution in [-0.2, 0) is 20.2 Å². The molecule has 0 spiro atoms. The van der Waals surface area contributed by atoms with Crippen molar-refractivity contribution in [1.29, 1.82) is 0 Å². The highest BCUT2D eigenvalue weighted by molar-refractivity contribution is 5.03. The molecule has 2 aromatic rings. The standard InChI is InChI=1S/C14H22N6O2/c1-18-12(10-21)16-17-13(18)11-3-2-5-19(9-11)7-8-20-6-4-15-14(20)22/h4,6,11,21H,2-3,5,7-10H2,1H3,(H,15,22). The Morgan fingerprint density at radius 3 is 2.95 bits per heavy atom. The van der Waals surface area contributed by atoms with Crippen LogP contribution < -0.4 is 5.69 Å². The number of hydrogen-bond donors (Lipinski definition) is 2. The molecular weight excluding hydrogens is 284 g/mol. The minimum atomic E-state index is -0.0870. The van der Waals surface area contributed by atoms with Crippen molar-refractivity contribution >= 4 is 0 Å². The van der Waals surface area contributed by atoms with Crippen molar-refractivity contribution < 1.29 is 5.11 Å². The number of piperidine rings is 1. The van der Waals surface area contributed by atoms with E-state index in [0.29, 0.717) is 18.3 Å². The molecule has 8 heteroatoms. The number of H-pyrrole nitrogens is 1. The molecule has 3 heterocycles. The molecule has 0 radical (unpaired) electrons. The van der Waals surface area contributed by atoms with Gasteiger partial charge in [0.25, 0.3) is 0 Å². The van der Waals surface area contributed by atoms with Crippen LogP contribution in [0.2, 0.25) is 0 Å². The summed E-state index contributed by atoms with van der Waals surface area (Å²) in [5, 5.41) is 17.5. The maximum Gasteiger partial charge on any atom is 0.325 e. The third kappa shape index (κ3) is 2.97. The molecule has 0 saturated carbocycles. The monoisotopic (exact) mass is 306 g/mol. The van der Waals surface area contributed by atoms with E-state index in [4.69, 9.17) is 0 Å². The first-order valence-electron chi connectivity index (χ1n) is 7.64. The molecule has 1 aliphatic heterocycles. The van der Waals surface area contributed by atoms with E-state index in [1.54, 1.807) is 17.0 Å². The van der Waals surface area contributed by atoms with Gasteiger partial charge in [0.15, 0.2) is 5.82 Å². The molecule has 2 N–H and O–H groups in total. The van der Waals surface area contributed by atoms with E-state index >= 15 is 0 Å². The van der Waals surface area contributed by atoms with Crippen LogP contribution in [0.4, 0.5) is 0 Å². The van der Waals surface area contributed by atoms with Crippen molar-refractivity contribution in [2.45, 2.75) is 31.9 Å². The number of aromatic amines is 1. The summed E-state index contributed by atoms with van der Waals surface area (Å²) in [7, 11) is 1.90. The van der Waals surface area contributed by atoms with Crippen molar-refractivity contribution in [3.8, 4) is 0 Å². The number of aliphatic hydroxyl groups is 1. The topological polar surface area (TPSA) is 92.0 Å². The Balaban J connectivity index is 1.62. The molecular formula is C14H22N6O2. The molecule has 0 amide bonds. The quantitative estimate of drug-likeness (QED) is 0.790. The molecule has 1 atom stereocenters. The Labute approximate surface area is 128 Å². The fraction of sp³-hybridized carbons (Fsp3) is 0.643. The zero-order valence-electron chi connectivity index (χ0n) is 12.8. The number of rotatable bonds is 5. The smallest absolute Gasteiger partial charge is 0.325 e. The second-order valence-electron chi connectivity index (χ2n) is 5.79. The molecule has 2 aromatic heterocycles. The lowest BCUT2D eigenvalue weighted by Gasteiger charge is -2.32. The highest BCUT2D eigenvalue weighted by Gasteiger charge is 2.25. The summed E-state index contributed by atoms with van der Waals surface area (Å²) in [6.45, 7) is 3.40. The molecule has 0 bridgehead atoms. The van der Waals surface area contributed by atoms with Gasteiger partial charge in [-0.15, -0.1) is 10.2 Å². The first kappa shape index (κ1) is 15.0. The number of imidazole rings is 1. The van der Waals surface area contributed by atoms with Gasteiger partial charge in [0.2, 0.25) is 0 Å². The number of hydrogen-bond acceptors (Lipinski definition) is 5. The summed E-state index contributed by atoms with van der Waals surface area (Å²) in [6.07, 6.45) is 5.63. The average Bonchev–Trinajstić information content (AvgIpc) is 3.11. The Morgan fingerprint density at radius 1 is 1.41 bits per heavy atom.